The fourth-order valence-electron chi connectivity index (χ4n) is 4.58. The van der Waals surface area contributed by atoms with Crippen LogP contribution in [0.3, 0.4) is 0 Å². The SMILES string of the molecule is CC[C@@H](NC(=O)c1cc(C(=O)N2CCCC2C)n2c1COCC2)c1ccc(C#N)c(Cl)c1. The van der Waals surface area contributed by atoms with Crippen molar-refractivity contribution in [3.8, 4) is 6.07 Å². The first-order valence-corrected chi connectivity index (χ1v) is 11.4. The zero-order valence-corrected chi connectivity index (χ0v) is 19.1. The second-order valence-electron chi connectivity index (χ2n) is 8.37. The lowest BCUT2D eigenvalue weighted by Gasteiger charge is -2.24. The first-order chi connectivity index (χ1) is 15.4. The molecule has 2 aromatic rings. The molecule has 0 spiro atoms. The second-order valence-corrected chi connectivity index (χ2v) is 8.78. The Balaban J connectivity index is 1.62. The number of nitrogens with one attached hydrogen (secondary N) is 1. The quantitative estimate of drug-likeness (QED) is 0.738. The molecule has 168 valence electrons. The lowest BCUT2D eigenvalue weighted by Crippen LogP contribution is -2.35. The Bertz CT molecular complexity index is 1090. The molecule has 2 atom stereocenters. The minimum Gasteiger partial charge on any atom is -0.373 e. The molecule has 2 aliphatic heterocycles. The molecule has 32 heavy (non-hydrogen) atoms. The minimum atomic E-state index is -0.273. The van der Waals surface area contributed by atoms with Gasteiger partial charge in [-0.15, -0.1) is 0 Å². The summed E-state index contributed by atoms with van der Waals surface area (Å²) in [7, 11) is 0. The molecule has 7 nitrogen and oxygen atoms in total. The highest BCUT2D eigenvalue weighted by molar-refractivity contribution is 6.31. The Labute approximate surface area is 192 Å². The Morgan fingerprint density at radius 1 is 1.34 bits per heavy atom. The van der Waals surface area contributed by atoms with Crippen LogP contribution in [0.5, 0.6) is 0 Å². The van der Waals surface area contributed by atoms with Gasteiger partial charge in [0.25, 0.3) is 11.8 Å². The average molecular weight is 455 g/mol. The van der Waals surface area contributed by atoms with Gasteiger partial charge in [0.1, 0.15) is 11.8 Å². The summed E-state index contributed by atoms with van der Waals surface area (Å²) >= 11 is 6.19. The number of nitrogens with zero attached hydrogens (tertiary/aromatic N) is 3. The van der Waals surface area contributed by atoms with Crippen molar-refractivity contribution >= 4 is 23.4 Å². The van der Waals surface area contributed by atoms with E-state index in [1.807, 2.05) is 22.5 Å². The Morgan fingerprint density at radius 2 is 2.16 bits per heavy atom. The summed E-state index contributed by atoms with van der Waals surface area (Å²) in [5.74, 6) is -0.275. The fraction of sp³-hybridized carbons (Fsp3) is 0.458. The number of likely N-dealkylation sites (tertiary alicyclic amines) is 1. The van der Waals surface area contributed by atoms with E-state index in [9.17, 15) is 9.59 Å². The predicted molar refractivity (Wildman–Crippen MR) is 120 cm³/mol. The number of rotatable bonds is 5. The van der Waals surface area contributed by atoms with E-state index in [0.29, 0.717) is 48.0 Å². The van der Waals surface area contributed by atoms with Gasteiger partial charge in [-0.25, -0.2) is 0 Å². The van der Waals surface area contributed by atoms with Gasteiger partial charge in [0.2, 0.25) is 0 Å². The molecule has 1 fully saturated rings. The Morgan fingerprint density at radius 3 is 2.81 bits per heavy atom. The smallest absolute Gasteiger partial charge is 0.270 e. The maximum Gasteiger partial charge on any atom is 0.270 e. The molecule has 0 aliphatic carbocycles. The van der Waals surface area contributed by atoms with Gasteiger partial charge in [0, 0.05) is 19.1 Å². The molecule has 4 rings (SSSR count). The zero-order chi connectivity index (χ0) is 22.8. The fourth-order valence-corrected chi connectivity index (χ4v) is 4.81. The average Bonchev–Trinajstić information content (AvgIpc) is 3.40. The largest absolute Gasteiger partial charge is 0.373 e. The van der Waals surface area contributed by atoms with Crippen molar-refractivity contribution < 1.29 is 14.3 Å². The molecule has 3 heterocycles. The molecule has 1 aromatic heterocycles. The van der Waals surface area contributed by atoms with E-state index in [4.69, 9.17) is 21.6 Å². The summed E-state index contributed by atoms with van der Waals surface area (Å²) in [6.07, 6.45) is 2.65. The number of aromatic nitrogens is 1. The normalized spacial score (nSPS) is 18.7. The second kappa shape index (κ2) is 9.35. The highest BCUT2D eigenvalue weighted by Crippen LogP contribution is 2.27. The Kier molecular flexibility index (Phi) is 6.54. The first-order valence-electron chi connectivity index (χ1n) is 11.1. The van der Waals surface area contributed by atoms with Gasteiger partial charge in [-0.3, -0.25) is 9.59 Å². The molecular formula is C24H27ClN4O3. The molecule has 0 radical (unpaired) electrons. The molecule has 1 N–H and O–H groups in total. The summed E-state index contributed by atoms with van der Waals surface area (Å²) in [5.41, 5.74) is 2.98. The molecule has 1 aromatic carbocycles. The molecule has 2 aliphatic rings. The van der Waals surface area contributed by atoms with Crippen molar-refractivity contribution in [1.29, 1.82) is 5.26 Å². The number of fused-ring (bicyclic) bond motifs is 1. The van der Waals surface area contributed by atoms with Gasteiger partial charge in [0.15, 0.2) is 0 Å². The third-order valence-electron chi connectivity index (χ3n) is 6.41. The van der Waals surface area contributed by atoms with Crippen molar-refractivity contribution in [3.05, 3.63) is 57.4 Å². The predicted octanol–water partition coefficient (Wildman–Crippen LogP) is 4.05. The lowest BCUT2D eigenvalue weighted by molar-refractivity contribution is 0.0683. The first kappa shape index (κ1) is 22.4. The van der Waals surface area contributed by atoms with Crippen LogP contribution in [0.25, 0.3) is 0 Å². The van der Waals surface area contributed by atoms with Crippen LogP contribution >= 0.6 is 11.6 Å². The number of ether oxygens (including phenoxy) is 1. The maximum absolute atomic E-state index is 13.3. The number of benzene rings is 1. The van der Waals surface area contributed by atoms with Gasteiger partial charge in [-0.1, -0.05) is 24.6 Å². The number of nitriles is 1. The molecule has 1 unspecified atom stereocenters. The highest BCUT2D eigenvalue weighted by Gasteiger charge is 2.32. The van der Waals surface area contributed by atoms with E-state index in [1.165, 1.54) is 0 Å². The maximum atomic E-state index is 13.3. The summed E-state index contributed by atoms with van der Waals surface area (Å²) in [6.45, 7) is 6.14. The number of halogens is 1. The topological polar surface area (TPSA) is 87.4 Å². The molecule has 8 heteroatoms. The molecular weight excluding hydrogens is 428 g/mol. The summed E-state index contributed by atoms with van der Waals surface area (Å²) in [4.78, 5) is 28.4. The van der Waals surface area contributed by atoms with Crippen LogP contribution in [0.4, 0.5) is 0 Å². The molecule has 0 saturated carbocycles. The monoisotopic (exact) mass is 454 g/mol. The third kappa shape index (κ3) is 4.13. The van der Waals surface area contributed by atoms with Crippen LogP contribution in [0.2, 0.25) is 5.02 Å². The van der Waals surface area contributed by atoms with E-state index in [0.717, 1.165) is 30.6 Å². The van der Waals surface area contributed by atoms with Crippen LogP contribution in [0.15, 0.2) is 24.3 Å². The van der Waals surface area contributed by atoms with Crippen molar-refractivity contribution in [2.24, 2.45) is 0 Å². The molecule has 1 saturated heterocycles. The van der Waals surface area contributed by atoms with E-state index in [-0.39, 0.29) is 23.9 Å². The van der Waals surface area contributed by atoms with Crippen molar-refractivity contribution in [2.75, 3.05) is 13.2 Å². The van der Waals surface area contributed by atoms with Crippen molar-refractivity contribution in [1.82, 2.24) is 14.8 Å². The third-order valence-corrected chi connectivity index (χ3v) is 6.73. The van der Waals surface area contributed by atoms with Crippen molar-refractivity contribution in [3.63, 3.8) is 0 Å². The van der Waals surface area contributed by atoms with Crippen LogP contribution < -0.4 is 5.32 Å². The van der Waals surface area contributed by atoms with Crippen LogP contribution in [-0.4, -0.2) is 40.5 Å². The number of hydrogen-bond acceptors (Lipinski definition) is 4. The Hall–Kier alpha value is -2.82. The number of amides is 2. The van der Waals surface area contributed by atoms with Gasteiger partial charge in [-0.05, 0) is 49.9 Å². The van der Waals surface area contributed by atoms with Gasteiger partial charge in [-0.2, -0.15) is 5.26 Å². The van der Waals surface area contributed by atoms with Gasteiger partial charge in [0.05, 0.1) is 41.1 Å². The van der Waals surface area contributed by atoms with Crippen molar-refractivity contribution in [2.45, 2.75) is 58.3 Å². The number of carbonyl (C=O) groups is 2. The number of hydrogen-bond donors (Lipinski definition) is 1. The van der Waals surface area contributed by atoms with Crippen LogP contribution in [0.1, 0.15) is 76.8 Å². The highest BCUT2D eigenvalue weighted by atomic mass is 35.5. The van der Waals surface area contributed by atoms with E-state index < -0.39 is 0 Å². The van der Waals surface area contributed by atoms with E-state index in [1.54, 1.807) is 24.3 Å². The summed E-state index contributed by atoms with van der Waals surface area (Å²) < 4.78 is 7.55. The number of carbonyl (C=O) groups excluding carboxylic acids is 2. The van der Waals surface area contributed by atoms with Gasteiger partial charge >= 0.3 is 0 Å². The molecule has 0 bridgehead atoms. The van der Waals surface area contributed by atoms with E-state index >= 15 is 0 Å². The minimum absolute atomic E-state index is 0.0249. The van der Waals surface area contributed by atoms with Crippen LogP contribution in [0, 0.1) is 11.3 Å². The zero-order valence-electron chi connectivity index (χ0n) is 18.4. The van der Waals surface area contributed by atoms with Crippen LogP contribution in [-0.2, 0) is 17.9 Å². The standard InChI is InChI=1S/C24H27ClN4O3/c1-3-20(16-6-7-17(13-26)19(25)11-16)27-23(30)18-12-21(29-9-10-32-14-22(18)29)24(31)28-8-4-5-15(28)2/h6-7,11-12,15,20H,3-5,8-10,14H2,1-2H3,(H,27,30)/t15?,20-/m1/s1. The van der Waals surface area contributed by atoms with E-state index in [2.05, 4.69) is 12.2 Å². The van der Waals surface area contributed by atoms with Gasteiger partial charge < -0.3 is 19.5 Å². The lowest BCUT2D eigenvalue weighted by atomic mass is 10.0. The molecule has 2 amide bonds. The summed E-state index contributed by atoms with van der Waals surface area (Å²) in [6, 6.07) is 8.88. The summed E-state index contributed by atoms with van der Waals surface area (Å²) in [5, 5.41) is 12.5.